The van der Waals surface area contributed by atoms with Gasteiger partial charge in [0.25, 0.3) is 0 Å². The molecule has 2 nitrogen and oxygen atoms in total. The molecule has 1 aromatic heterocycles. The third-order valence-electron chi connectivity index (χ3n) is 2.53. The summed E-state index contributed by atoms with van der Waals surface area (Å²) in [5.41, 5.74) is 1.95. The average molecular weight is 232 g/mol. The molecule has 1 heterocycles. The maximum Gasteiger partial charge on any atom is 0.311 e. The molecule has 1 aromatic carbocycles. The van der Waals surface area contributed by atoms with E-state index in [1.54, 1.807) is 0 Å². The molecular weight excluding hydrogens is 220 g/mol. The van der Waals surface area contributed by atoms with Crippen molar-refractivity contribution in [3.05, 3.63) is 58.3 Å². The molecule has 0 aliphatic carbocycles. The van der Waals surface area contributed by atoms with Crippen LogP contribution in [-0.2, 0) is 11.2 Å². The minimum Gasteiger partial charge on any atom is -0.481 e. The fraction of sp³-hybridized carbons (Fsp3) is 0.154. The van der Waals surface area contributed by atoms with Crippen LogP contribution >= 0.6 is 11.3 Å². The summed E-state index contributed by atoms with van der Waals surface area (Å²) in [6.45, 7) is 0. The quantitative estimate of drug-likeness (QED) is 0.879. The van der Waals surface area contributed by atoms with Crippen molar-refractivity contribution >= 4 is 17.3 Å². The first kappa shape index (κ1) is 10.9. The molecule has 0 aliphatic heterocycles. The highest BCUT2D eigenvalue weighted by Crippen LogP contribution is 2.23. The average Bonchev–Trinajstić information content (AvgIpc) is 2.80. The van der Waals surface area contributed by atoms with E-state index in [9.17, 15) is 9.90 Å². The smallest absolute Gasteiger partial charge is 0.311 e. The highest BCUT2D eigenvalue weighted by atomic mass is 32.1. The minimum atomic E-state index is -0.762. The van der Waals surface area contributed by atoms with Gasteiger partial charge >= 0.3 is 5.97 Å². The molecule has 0 amide bonds. The van der Waals surface area contributed by atoms with Crippen molar-refractivity contribution in [1.29, 1.82) is 0 Å². The molecule has 1 atom stereocenters. The number of carboxylic acids is 1. The molecule has 0 spiro atoms. The Morgan fingerprint density at radius 1 is 1.25 bits per heavy atom. The summed E-state index contributed by atoms with van der Waals surface area (Å²) in [7, 11) is 0. The van der Waals surface area contributed by atoms with Crippen molar-refractivity contribution in [3.63, 3.8) is 0 Å². The van der Waals surface area contributed by atoms with E-state index in [2.05, 4.69) is 0 Å². The topological polar surface area (TPSA) is 37.3 Å². The summed E-state index contributed by atoms with van der Waals surface area (Å²) in [5.74, 6) is -1.20. The van der Waals surface area contributed by atoms with Crippen LogP contribution in [0.2, 0.25) is 0 Å². The fourth-order valence-electron chi connectivity index (χ4n) is 1.67. The van der Waals surface area contributed by atoms with Crippen LogP contribution in [0.3, 0.4) is 0 Å². The van der Waals surface area contributed by atoms with Gasteiger partial charge in [0, 0.05) is 0 Å². The van der Waals surface area contributed by atoms with Crippen molar-refractivity contribution in [2.24, 2.45) is 0 Å². The van der Waals surface area contributed by atoms with Crippen molar-refractivity contribution in [3.8, 4) is 0 Å². The van der Waals surface area contributed by atoms with Crippen LogP contribution in [0.4, 0.5) is 0 Å². The number of aliphatic carboxylic acids is 1. The maximum atomic E-state index is 11.2. The van der Waals surface area contributed by atoms with Gasteiger partial charge in [0.05, 0.1) is 5.92 Å². The van der Waals surface area contributed by atoms with E-state index < -0.39 is 11.9 Å². The van der Waals surface area contributed by atoms with Crippen LogP contribution in [0, 0.1) is 0 Å². The summed E-state index contributed by atoms with van der Waals surface area (Å²) >= 11 is 1.53. The Bertz CT molecular complexity index is 448. The molecule has 0 aliphatic rings. The molecule has 16 heavy (non-hydrogen) atoms. The zero-order chi connectivity index (χ0) is 11.4. The number of rotatable bonds is 4. The summed E-state index contributed by atoms with van der Waals surface area (Å²) < 4.78 is 0. The summed E-state index contributed by atoms with van der Waals surface area (Å²) in [6, 6.07) is 11.6. The van der Waals surface area contributed by atoms with E-state index >= 15 is 0 Å². The lowest BCUT2D eigenvalue weighted by Gasteiger charge is -2.10. The predicted molar refractivity (Wildman–Crippen MR) is 64.8 cm³/mol. The third-order valence-corrected chi connectivity index (χ3v) is 3.23. The number of carboxylic acid groups (broad SMARTS) is 1. The highest BCUT2D eigenvalue weighted by Gasteiger charge is 2.20. The number of hydrogen-bond acceptors (Lipinski definition) is 2. The first-order chi connectivity index (χ1) is 7.77. The highest BCUT2D eigenvalue weighted by molar-refractivity contribution is 7.08. The Labute approximate surface area is 98.2 Å². The van der Waals surface area contributed by atoms with E-state index in [0.29, 0.717) is 6.42 Å². The Balaban J connectivity index is 2.19. The normalized spacial score (nSPS) is 12.2. The van der Waals surface area contributed by atoms with Crippen LogP contribution in [0.5, 0.6) is 0 Å². The number of thiophene rings is 1. The Kier molecular flexibility index (Phi) is 3.37. The van der Waals surface area contributed by atoms with Crippen molar-refractivity contribution in [2.45, 2.75) is 12.3 Å². The zero-order valence-corrected chi connectivity index (χ0v) is 9.48. The molecule has 2 rings (SSSR count). The van der Waals surface area contributed by atoms with E-state index in [4.69, 9.17) is 0 Å². The van der Waals surface area contributed by atoms with Crippen molar-refractivity contribution in [1.82, 2.24) is 0 Å². The van der Waals surface area contributed by atoms with Gasteiger partial charge in [-0.3, -0.25) is 4.79 Å². The zero-order valence-electron chi connectivity index (χ0n) is 8.67. The fourth-order valence-corrected chi connectivity index (χ4v) is 2.39. The van der Waals surface area contributed by atoms with Gasteiger partial charge in [-0.2, -0.15) is 11.3 Å². The number of carbonyl (C=O) groups is 1. The van der Waals surface area contributed by atoms with E-state index in [-0.39, 0.29) is 0 Å². The molecule has 0 bridgehead atoms. The molecule has 0 unspecified atom stereocenters. The number of hydrogen-bond donors (Lipinski definition) is 1. The standard InChI is InChI=1S/C13H12O2S/c14-13(15)12(11-6-7-16-9-11)8-10-4-2-1-3-5-10/h1-7,9,12H,8H2,(H,14,15)/t12-/m1/s1. The van der Waals surface area contributed by atoms with Crippen molar-refractivity contribution in [2.75, 3.05) is 0 Å². The number of benzene rings is 1. The molecule has 82 valence electrons. The first-order valence-electron chi connectivity index (χ1n) is 5.06. The minimum absolute atomic E-state index is 0.436. The molecule has 3 heteroatoms. The van der Waals surface area contributed by atoms with Crippen LogP contribution in [-0.4, -0.2) is 11.1 Å². The van der Waals surface area contributed by atoms with Gasteiger partial charge in [-0.15, -0.1) is 0 Å². The lowest BCUT2D eigenvalue weighted by Crippen LogP contribution is -2.13. The lowest BCUT2D eigenvalue weighted by atomic mass is 9.94. The largest absolute Gasteiger partial charge is 0.481 e. The van der Waals surface area contributed by atoms with Gasteiger partial charge in [0.15, 0.2) is 0 Å². The van der Waals surface area contributed by atoms with Gasteiger partial charge in [-0.1, -0.05) is 30.3 Å². The molecule has 1 N–H and O–H groups in total. The van der Waals surface area contributed by atoms with Gasteiger partial charge in [0.1, 0.15) is 0 Å². The summed E-state index contributed by atoms with van der Waals surface area (Å²) in [6.07, 6.45) is 0.549. The van der Waals surface area contributed by atoms with Crippen molar-refractivity contribution < 1.29 is 9.90 Å². The second kappa shape index (κ2) is 4.94. The van der Waals surface area contributed by atoms with Crippen LogP contribution < -0.4 is 0 Å². The van der Waals surface area contributed by atoms with E-state index in [0.717, 1.165) is 11.1 Å². The molecule has 0 radical (unpaired) electrons. The molecule has 0 saturated heterocycles. The second-order valence-electron chi connectivity index (χ2n) is 3.64. The first-order valence-corrected chi connectivity index (χ1v) is 6.00. The monoisotopic (exact) mass is 232 g/mol. The summed E-state index contributed by atoms with van der Waals surface area (Å²) in [4.78, 5) is 11.2. The lowest BCUT2D eigenvalue weighted by molar-refractivity contribution is -0.138. The molecular formula is C13H12O2S. The second-order valence-corrected chi connectivity index (χ2v) is 4.42. The SMILES string of the molecule is O=C(O)[C@H](Cc1ccccc1)c1ccsc1. The maximum absolute atomic E-state index is 11.2. The Morgan fingerprint density at radius 3 is 2.56 bits per heavy atom. The van der Waals surface area contributed by atoms with Gasteiger partial charge in [-0.05, 0) is 34.4 Å². The van der Waals surface area contributed by atoms with Crippen LogP contribution in [0.1, 0.15) is 17.0 Å². The van der Waals surface area contributed by atoms with Crippen LogP contribution in [0.15, 0.2) is 47.2 Å². The Morgan fingerprint density at radius 2 is 2.00 bits per heavy atom. The summed E-state index contributed by atoms with van der Waals surface area (Å²) in [5, 5.41) is 13.0. The molecule has 0 fully saturated rings. The predicted octanol–water partition coefficient (Wildman–Crippen LogP) is 3.16. The third kappa shape index (κ3) is 2.49. The Hall–Kier alpha value is -1.61. The van der Waals surface area contributed by atoms with Gasteiger partial charge in [0.2, 0.25) is 0 Å². The van der Waals surface area contributed by atoms with Gasteiger partial charge in [-0.25, -0.2) is 0 Å². The van der Waals surface area contributed by atoms with E-state index in [1.807, 2.05) is 47.2 Å². The van der Waals surface area contributed by atoms with E-state index in [1.165, 1.54) is 11.3 Å². The van der Waals surface area contributed by atoms with Gasteiger partial charge < -0.3 is 5.11 Å². The molecule has 2 aromatic rings. The molecule has 0 saturated carbocycles. The van der Waals surface area contributed by atoms with Crippen LogP contribution in [0.25, 0.3) is 0 Å².